The van der Waals surface area contributed by atoms with Crippen molar-refractivity contribution in [1.29, 1.82) is 0 Å². The van der Waals surface area contributed by atoms with E-state index in [0.29, 0.717) is 12.6 Å². The highest BCUT2D eigenvalue weighted by Gasteiger charge is 2.29. The minimum Gasteiger partial charge on any atom is -0.357 e. The van der Waals surface area contributed by atoms with Gasteiger partial charge < -0.3 is 15.5 Å². The number of rotatable bonds is 4. The maximum Gasteiger partial charge on any atom is 0.242 e. The van der Waals surface area contributed by atoms with Gasteiger partial charge in [0.05, 0.1) is 5.69 Å². The molecule has 1 aromatic rings. The molecule has 2 atom stereocenters. The van der Waals surface area contributed by atoms with E-state index in [-0.39, 0.29) is 11.9 Å². The fraction of sp³-hybridized carbons (Fsp3) is 0.533. The Kier molecular flexibility index (Phi) is 5.05. The molecular formula is C15H22BrN3O. The Morgan fingerprint density at radius 1 is 1.55 bits per heavy atom. The predicted molar refractivity (Wildman–Crippen MR) is 86.1 cm³/mol. The van der Waals surface area contributed by atoms with Gasteiger partial charge in [0.25, 0.3) is 0 Å². The number of halogens is 1. The number of amides is 1. The minimum atomic E-state index is -0.0763. The first kappa shape index (κ1) is 15.3. The first-order valence-corrected chi connectivity index (χ1v) is 7.88. The summed E-state index contributed by atoms with van der Waals surface area (Å²) in [5.41, 5.74) is 2.33. The highest BCUT2D eigenvalue weighted by molar-refractivity contribution is 9.10. The molecular weight excluding hydrogens is 318 g/mol. The average molecular weight is 340 g/mol. The Morgan fingerprint density at radius 3 is 2.90 bits per heavy atom. The van der Waals surface area contributed by atoms with Gasteiger partial charge in [-0.25, -0.2) is 0 Å². The van der Waals surface area contributed by atoms with E-state index < -0.39 is 0 Å². The lowest BCUT2D eigenvalue weighted by Gasteiger charge is -2.37. The largest absolute Gasteiger partial charge is 0.357 e. The zero-order valence-electron chi connectivity index (χ0n) is 12.2. The van der Waals surface area contributed by atoms with Crippen molar-refractivity contribution < 1.29 is 4.79 Å². The quantitative estimate of drug-likeness (QED) is 0.885. The molecule has 0 aliphatic carbocycles. The zero-order valence-corrected chi connectivity index (χ0v) is 13.8. The lowest BCUT2D eigenvalue weighted by atomic mass is 10.1. The van der Waals surface area contributed by atoms with E-state index in [0.717, 1.165) is 23.1 Å². The summed E-state index contributed by atoms with van der Waals surface area (Å²) in [6, 6.07) is 6.60. The minimum absolute atomic E-state index is 0.0763. The Hall–Kier alpha value is -1.07. The molecule has 1 aliphatic rings. The van der Waals surface area contributed by atoms with Crippen molar-refractivity contribution in [3.63, 3.8) is 0 Å². The Bertz CT molecular complexity index is 492. The molecule has 2 rings (SSSR count). The molecule has 0 radical (unpaired) electrons. The summed E-state index contributed by atoms with van der Waals surface area (Å²) in [5, 5.41) is 6.17. The summed E-state index contributed by atoms with van der Waals surface area (Å²) in [4.78, 5) is 14.2. The van der Waals surface area contributed by atoms with Crippen LogP contribution < -0.4 is 15.5 Å². The number of benzene rings is 1. The maximum absolute atomic E-state index is 12.0. The van der Waals surface area contributed by atoms with E-state index in [1.807, 2.05) is 14.0 Å². The van der Waals surface area contributed by atoms with Crippen LogP contribution in [0.1, 0.15) is 31.9 Å². The fourth-order valence-corrected chi connectivity index (χ4v) is 3.23. The summed E-state index contributed by atoms with van der Waals surface area (Å²) in [6.45, 7) is 5.73. The Labute approximate surface area is 129 Å². The molecule has 1 fully saturated rings. The van der Waals surface area contributed by atoms with Crippen LogP contribution in [-0.2, 0) is 4.79 Å². The second-order valence-electron chi connectivity index (χ2n) is 5.13. The smallest absolute Gasteiger partial charge is 0.242 e. The van der Waals surface area contributed by atoms with Gasteiger partial charge in [-0.3, -0.25) is 4.79 Å². The van der Waals surface area contributed by atoms with Gasteiger partial charge in [-0.2, -0.15) is 0 Å². The number of anilines is 1. The van der Waals surface area contributed by atoms with Gasteiger partial charge in [0.1, 0.15) is 6.04 Å². The summed E-state index contributed by atoms with van der Waals surface area (Å²) in [7, 11) is 1.95. The van der Waals surface area contributed by atoms with Crippen LogP contribution in [0.25, 0.3) is 0 Å². The lowest BCUT2D eigenvalue weighted by molar-refractivity contribution is -0.123. The monoisotopic (exact) mass is 339 g/mol. The summed E-state index contributed by atoms with van der Waals surface area (Å²) < 4.78 is 1.05. The summed E-state index contributed by atoms with van der Waals surface area (Å²) >= 11 is 3.66. The number of piperazine rings is 1. The molecule has 1 aromatic carbocycles. The van der Waals surface area contributed by atoms with E-state index in [1.165, 1.54) is 5.56 Å². The van der Waals surface area contributed by atoms with Crippen LogP contribution in [0.4, 0.5) is 5.69 Å². The molecule has 2 unspecified atom stereocenters. The summed E-state index contributed by atoms with van der Waals surface area (Å²) in [5.74, 6) is 0.123. The van der Waals surface area contributed by atoms with Crippen molar-refractivity contribution in [2.75, 3.05) is 25.0 Å². The second-order valence-corrected chi connectivity index (χ2v) is 5.98. The first-order valence-electron chi connectivity index (χ1n) is 7.09. The van der Waals surface area contributed by atoms with Crippen molar-refractivity contribution >= 4 is 27.5 Å². The van der Waals surface area contributed by atoms with Gasteiger partial charge in [-0.15, -0.1) is 0 Å². The molecule has 0 saturated carbocycles. The second kappa shape index (κ2) is 6.59. The number of nitrogens with one attached hydrogen (secondary N) is 2. The van der Waals surface area contributed by atoms with E-state index in [2.05, 4.69) is 56.6 Å². The molecule has 0 aromatic heterocycles. The van der Waals surface area contributed by atoms with E-state index in [1.54, 1.807) is 0 Å². The van der Waals surface area contributed by atoms with Gasteiger partial charge in [0.15, 0.2) is 0 Å². The van der Waals surface area contributed by atoms with E-state index in [9.17, 15) is 4.79 Å². The summed E-state index contributed by atoms with van der Waals surface area (Å²) in [6.07, 6.45) is 0.812. The van der Waals surface area contributed by atoms with Crippen LogP contribution in [-0.4, -0.2) is 32.1 Å². The third-order valence-electron chi connectivity index (χ3n) is 3.93. The van der Waals surface area contributed by atoms with Crippen LogP contribution in [0.3, 0.4) is 0 Å². The zero-order chi connectivity index (χ0) is 14.7. The van der Waals surface area contributed by atoms with Crippen LogP contribution in [0, 0.1) is 0 Å². The molecule has 110 valence electrons. The Balaban J connectivity index is 2.30. The van der Waals surface area contributed by atoms with Crippen molar-refractivity contribution in [3.8, 4) is 0 Å². The van der Waals surface area contributed by atoms with Crippen LogP contribution >= 0.6 is 15.9 Å². The third-order valence-corrected chi connectivity index (χ3v) is 4.57. The number of carbonyl (C=O) groups is 1. The van der Waals surface area contributed by atoms with Crippen molar-refractivity contribution in [2.24, 2.45) is 0 Å². The van der Waals surface area contributed by atoms with Crippen molar-refractivity contribution in [3.05, 3.63) is 28.2 Å². The van der Waals surface area contributed by atoms with Gasteiger partial charge >= 0.3 is 0 Å². The standard InChI is InChI=1S/C15H22BrN3O/c1-4-13-15(20)18-7-8-19(13)14-6-5-11(9-12(14)16)10(2)17-3/h5-6,9-10,13,17H,4,7-8H2,1-3H3,(H,18,20). The van der Waals surface area contributed by atoms with Crippen molar-refractivity contribution in [2.45, 2.75) is 32.4 Å². The molecule has 0 spiro atoms. The van der Waals surface area contributed by atoms with E-state index in [4.69, 9.17) is 0 Å². The van der Waals surface area contributed by atoms with Crippen molar-refractivity contribution in [1.82, 2.24) is 10.6 Å². The topological polar surface area (TPSA) is 44.4 Å². The normalized spacial score (nSPS) is 20.7. The van der Waals surface area contributed by atoms with Gasteiger partial charge in [-0.1, -0.05) is 13.0 Å². The predicted octanol–water partition coefficient (Wildman–Crippen LogP) is 2.44. The first-order chi connectivity index (χ1) is 9.58. The number of hydrogen-bond donors (Lipinski definition) is 2. The van der Waals surface area contributed by atoms with Crippen LogP contribution in [0.5, 0.6) is 0 Å². The Morgan fingerprint density at radius 2 is 2.30 bits per heavy atom. The molecule has 1 heterocycles. The maximum atomic E-state index is 12.0. The number of nitrogens with zero attached hydrogens (tertiary/aromatic N) is 1. The molecule has 4 nitrogen and oxygen atoms in total. The molecule has 1 aliphatic heterocycles. The third kappa shape index (κ3) is 2.99. The van der Waals surface area contributed by atoms with Gasteiger partial charge in [0, 0.05) is 23.6 Å². The fourth-order valence-electron chi connectivity index (χ4n) is 2.60. The van der Waals surface area contributed by atoms with Gasteiger partial charge in [-0.05, 0) is 54.0 Å². The highest BCUT2D eigenvalue weighted by Crippen LogP contribution is 2.31. The van der Waals surface area contributed by atoms with E-state index >= 15 is 0 Å². The molecule has 5 heteroatoms. The number of hydrogen-bond acceptors (Lipinski definition) is 3. The molecule has 1 amide bonds. The molecule has 0 bridgehead atoms. The number of carbonyl (C=O) groups excluding carboxylic acids is 1. The van der Waals surface area contributed by atoms with Crippen LogP contribution in [0.15, 0.2) is 22.7 Å². The van der Waals surface area contributed by atoms with Gasteiger partial charge in [0.2, 0.25) is 5.91 Å². The molecule has 2 N–H and O–H groups in total. The molecule has 1 saturated heterocycles. The SMILES string of the molecule is CCC1C(=O)NCCN1c1ccc(C(C)NC)cc1Br. The average Bonchev–Trinajstić information content (AvgIpc) is 2.46. The lowest BCUT2D eigenvalue weighted by Crippen LogP contribution is -2.55. The molecule has 20 heavy (non-hydrogen) atoms. The highest BCUT2D eigenvalue weighted by atomic mass is 79.9. The van der Waals surface area contributed by atoms with Crippen LogP contribution in [0.2, 0.25) is 0 Å².